The maximum atomic E-state index is 13.2. The van der Waals surface area contributed by atoms with E-state index >= 15 is 0 Å². The average molecular weight is 530 g/mol. The molecule has 0 saturated heterocycles. The number of para-hydroxylation sites is 2. The van der Waals surface area contributed by atoms with Gasteiger partial charge in [-0.1, -0.05) is 38.5 Å². The fourth-order valence-electron chi connectivity index (χ4n) is 3.79. The SMILES string of the molecule is C=C(C)C(=O)OC(CCCCC)Oc1ccc(OC)cc1C(=O)Oc1ccc(-c2nc3ccccc3o2)cc1. The molecule has 4 aromatic rings. The lowest BCUT2D eigenvalue weighted by molar-refractivity contribution is -0.159. The zero-order chi connectivity index (χ0) is 27.8. The van der Waals surface area contributed by atoms with E-state index in [0.29, 0.717) is 29.4 Å². The molecule has 1 unspecified atom stereocenters. The van der Waals surface area contributed by atoms with Crippen LogP contribution in [0, 0.1) is 0 Å². The summed E-state index contributed by atoms with van der Waals surface area (Å²) in [6, 6.07) is 19.1. The number of hydrogen-bond donors (Lipinski definition) is 0. The van der Waals surface area contributed by atoms with Crippen molar-refractivity contribution < 1.29 is 33.0 Å². The van der Waals surface area contributed by atoms with Gasteiger partial charge in [0.15, 0.2) is 5.58 Å². The van der Waals surface area contributed by atoms with Gasteiger partial charge in [-0.3, -0.25) is 0 Å². The third-order valence-electron chi connectivity index (χ3n) is 5.90. The smallest absolute Gasteiger partial charge is 0.347 e. The number of ether oxygens (including phenoxy) is 4. The lowest BCUT2D eigenvalue weighted by Crippen LogP contribution is -2.26. The zero-order valence-corrected chi connectivity index (χ0v) is 22.3. The van der Waals surface area contributed by atoms with Crippen molar-refractivity contribution in [3.63, 3.8) is 0 Å². The Bertz CT molecular complexity index is 1420. The molecule has 0 fully saturated rings. The second kappa shape index (κ2) is 12.8. The summed E-state index contributed by atoms with van der Waals surface area (Å²) in [6.45, 7) is 7.28. The van der Waals surface area contributed by atoms with Crippen molar-refractivity contribution in [2.24, 2.45) is 0 Å². The van der Waals surface area contributed by atoms with Crippen LogP contribution in [0.3, 0.4) is 0 Å². The summed E-state index contributed by atoms with van der Waals surface area (Å²) < 4.78 is 28.3. The predicted molar refractivity (Wildman–Crippen MR) is 147 cm³/mol. The number of methoxy groups -OCH3 is 1. The largest absolute Gasteiger partial charge is 0.497 e. The molecule has 0 saturated carbocycles. The second-order valence-electron chi connectivity index (χ2n) is 8.99. The van der Waals surface area contributed by atoms with Crippen LogP contribution in [-0.4, -0.2) is 30.3 Å². The van der Waals surface area contributed by atoms with E-state index < -0.39 is 18.2 Å². The van der Waals surface area contributed by atoms with Gasteiger partial charge in [0.25, 0.3) is 0 Å². The molecule has 3 aromatic carbocycles. The van der Waals surface area contributed by atoms with Crippen LogP contribution in [0.2, 0.25) is 0 Å². The van der Waals surface area contributed by atoms with Crippen LogP contribution in [-0.2, 0) is 9.53 Å². The summed E-state index contributed by atoms with van der Waals surface area (Å²) in [5.41, 5.74) is 2.58. The number of carbonyl (C=O) groups excluding carboxylic acids is 2. The fraction of sp³-hybridized carbons (Fsp3) is 0.258. The molecule has 1 aromatic heterocycles. The highest BCUT2D eigenvalue weighted by Gasteiger charge is 2.22. The monoisotopic (exact) mass is 529 g/mol. The van der Waals surface area contributed by atoms with Gasteiger partial charge >= 0.3 is 11.9 Å². The minimum Gasteiger partial charge on any atom is -0.497 e. The van der Waals surface area contributed by atoms with Gasteiger partial charge in [-0.25, -0.2) is 14.6 Å². The highest BCUT2D eigenvalue weighted by molar-refractivity contribution is 5.94. The van der Waals surface area contributed by atoms with Crippen LogP contribution in [0.1, 0.15) is 49.9 Å². The molecule has 4 rings (SSSR count). The first-order chi connectivity index (χ1) is 18.9. The number of fused-ring (bicyclic) bond motifs is 1. The van der Waals surface area contributed by atoms with Crippen molar-refractivity contribution >= 4 is 23.0 Å². The molecule has 0 aliphatic carbocycles. The summed E-state index contributed by atoms with van der Waals surface area (Å²) in [4.78, 5) is 29.9. The van der Waals surface area contributed by atoms with Crippen LogP contribution >= 0.6 is 0 Å². The van der Waals surface area contributed by atoms with Crippen molar-refractivity contribution in [1.82, 2.24) is 4.98 Å². The molecular weight excluding hydrogens is 498 g/mol. The standard InChI is InChI=1S/C31H31NO7/c1-5-6-7-12-28(39-30(33)20(2)3)37-26-18-17-23(35-4)19-24(26)31(34)36-22-15-13-21(14-16-22)29-32-25-10-8-9-11-27(25)38-29/h8-11,13-19,28H,2,5-7,12H2,1,3-4H3. The quantitative estimate of drug-likeness (QED) is 0.0629. The molecule has 0 amide bonds. The van der Waals surface area contributed by atoms with Gasteiger partial charge in [0.1, 0.15) is 28.3 Å². The number of unbranched alkanes of at least 4 members (excludes halogenated alkanes) is 2. The number of nitrogens with zero attached hydrogens (tertiary/aromatic N) is 1. The Kier molecular flexibility index (Phi) is 8.99. The Morgan fingerprint density at radius 3 is 2.44 bits per heavy atom. The number of hydrogen-bond acceptors (Lipinski definition) is 8. The van der Waals surface area contributed by atoms with Crippen molar-refractivity contribution in [1.29, 1.82) is 0 Å². The molecular formula is C31H31NO7. The third kappa shape index (κ3) is 7.04. The number of oxazole rings is 1. The number of aromatic nitrogens is 1. The Morgan fingerprint density at radius 1 is 1.00 bits per heavy atom. The summed E-state index contributed by atoms with van der Waals surface area (Å²) in [5.74, 6) is 0.227. The van der Waals surface area contributed by atoms with Crippen molar-refractivity contribution in [3.8, 4) is 28.7 Å². The molecule has 1 heterocycles. The third-order valence-corrected chi connectivity index (χ3v) is 5.90. The van der Waals surface area contributed by atoms with E-state index in [1.54, 1.807) is 43.3 Å². The van der Waals surface area contributed by atoms with Crippen LogP contribution in [0.5, 0.6) is 17.2 Å². The Morgan fingerprint density at radius 2 is 1.74 bits per heavy atom. The normalized spacial score (nSPS) is 11.6. The van der Waals surface area contributed by atoms with Crippen LogP contribution in [0.25, 0.3) is 22.6 Å². The van der Waals surface area contributed by atoms with Gasteiger partial charge in [-0.2, -0.15) is 0 Å². The molecule has 39 heavy (non-hydrogen) atoms. The minimum absolute atomic E-state index is 0.129. The van der Waals surface area contributed by atoms with Crippen LogP contribution in [0.4, 0.5) is 0 Å². The van der Waals surface area contributed by atoms with Gasteiger partial charge in [0.2, 0.25) is 12.2 Å². The molecule has 8 heteroatoms. The van der Waals surface area contributed by atoms with E-state index in [9.17, 15) is 9.59 Å². The second-order valence-corrected chi connectivity index (χ2v) is 8.99. The van der Waals surface area contributed by atoms with Crippen molar-refractivity contribution in [2.75, 3.05) is 7.11 Å². The van der Waals surface area contributed by atoms with Gasteiger partial charge < -0.3 is 23.4 Å². The van der Waals surface area contributed by atoms with Crippen LogP contribution < -0.4 is 14.2 Å². The Balaban J connectivity index is 1.53. The lowest BCUT2D eigenvalue weighted by atomic mass is 10.1. The molecule has 202 valence electrons. The first-order valence-electron chi connectivity index (χ1n) is 12.8. The van der Waals surface area contributed by atoms with E-state index in [-0.39, 0.29) is 16.9 Å². The topological polar surface area (TPSA) is 97.1 Å². The zero-order valence-electron chi connectivity index (χ0n) is 22.3. The first-order valence-corrected chi connectivity index (χ1v) is 12.8. The molecule has 0 bridgehead atoms. The summed E-state index contributed by atoms with van der Waals surface area (Å²) in [6.07, 6.45) is 2.29. The molecule has 1 atom stereocenters. The summed E-state index contributed by atoms with van der Waals surface area (Å²) >= 11 is 0. The predicted octanol–water partition coefficient (Wildman–Crippen LogP) is 7.13. The van der Waals surface area contributed by atoms with Crippen molar-refractivity contribution in [3.05, 3.63) is 84.4 Å². The molecule has 8 nitrogen and oxygen atoms in total. The van der Waals surface area contributed by atoms with Crippen LogP contribution in [0.15, 0.2) is 83.3 Å². The van der Waals surface area contributed by atoms with E-state index in [2.05, 4.69) is 18.5 Å². The lowest BCUT2D eigenvalue weighted by Gasteiger charge is -2.21. The van der Waals surface area contributed by atoms with E-state index in [1.807, 2.05) is 24.3 Å². The fourth-order valence-corrected chi connectivity index (χ4v) is 3.79. The molecule has 0 radical (unpaired) electrons. The maximum absolute atomic E-state index is 13.2. The van der Waals surface area contributed by atoms with E-state index in [1.165, 1.54) is 13.2 Å². The Hall–Kier alpha value is -4.59. The van der Waals surface area contributed by atoms with Gasteiger partial charge in [0.05, 0.1) is 7.11 Å². The van der Waals surface area contributed by atoms with E-state index in [0.717, 1.165) is 30.3 Å². The number of esters is 2. The summed E-state index contributed by atoms with van der Waals surface area (Å²) in [5, 5.41) is 0. The highest BCUT2D eigenvalue weighted by atomic mass is 16.7. The minimum atomic E-state index is -0.892. The molecule has 0 N–H and O–H groups in total. The van der Waals surface area contributed by atoms with E-state index in [4.69, 9.17) is 23.4 Å². The molecule has 0 aliphatic heterocycles. The van der Waals surface area contributed by atoms with Crippen molar-refractivity contribution in [2.45, 2.75) is 45.8 Å². The molecule has 0 spiro atoms. The highest BCUT2D eigenvalue weighted by Crippen LogP contribution is 2.30. The average Bonchev–Trinajstić information content (AvgIpc) is 3.38. The Labute approximate surface area is 227 Å². The first kappa shape index (κ1) is 27.4. The number of rotatable bonds is 12. The number of benzene rings is 3. The van der Waals surface area contributed by atoms with Gasteiger partial charge in [-0.05, 0) is 67.9 Å². The summed E-state index contributed by atoms with van der Waals surface area (Å²) in [7, 11) is 1.50. The number of carbonyl (C=O) groups is 2. The molecule has 0 aliphatic rings. The van der Waals surface area contributed by atoms with Gasteiger partial charge in [0, 0.05) is 17.6 Å². The van der Waals surface area contributed by atoms with Gasteiger partial charge in [-0.15, -0.1) is 0 Å². The maximum Gasteiger partial charge on any atom is 0.347 e.